The van der Waals surface area contributed by atoms with E-state index in [-0.39, 0.29) is 12.8 Å². The summed E-state index contributed by atoms with van der Waals surface area (Å²) < 4.78 is 26.6. The van der Waals surface area contributed by atoms with Crippen LogP contribution in [0.5, 0.6) is 0 Å². The molecule has 1 N–H and O–H groups in total. The van der Waals surface area contributed by atoms with Crippen LogP contribution in [0.1, 0.15) is 25.7 Å². The first-order valence-electron chi connectivity index (χ1n) is 4.16. The second-order valence-corrected chi connectivity index (χ2v) is 3.62. The smallest absolute Gasteiger partial charge is 0.258 e. The summed E-state index contributed by atoms with van der Waals surface area (Å²) in [6, 6.07) is 0. The Morgan fingerprint density at radius 2 is 2.17 bits per heavy atom. The summed E-state index contributed by atoms with van der Waals surface area (Å²) >= 11 is 0. The number of hydrogen-bond acceptors (Lipinski definition) is 2. The van der Waals surface area contributed by atoms with Gasteiger partial charge in [-0.1, -0.05) is 0 Å². The molecule has 2 aliphatic rings. The predicted molar refractivity (Wildman–Crippen MR) is 40.3 cm³/mol. The van der Waals surface area contributed by atoms with E-state index in [2.05, 4.69) is 4.99 Å². The van der Waals surface area contributed by atoms with Crippen LogP contribution in [0, 0.1) is 5.41 Å². The minimum absolute atomic E-state index is 0.104. The first kappa shape index (κ1) is 8.10. The third kappa shape index (κ3) is 0.787. The van der Waals surface area contributed by atoms with E-state index in [9.17, 15) is 13.9 Å². The van der Waals surface area contributed by atoms with E-state index in [1.807, 2.05) is 0 Å². The van der Waals surface area contributed by atoms with Gasteiger partial charge >= 0.3 is 0 Å². The number of alkyl halides is 2. The van der Waals surface area contributed by atoms with Crippen molar-refractivity contribution >= 4 is 6.21 Å². The summed E-state index contributed by atoms with van der Waals surface area (Å²) in [7, 11) is 0. The molecule has 1 aliphatic heterocycles. The van der Waals surface area contributed by atoms with E-state index >= 15 is 0 Å². The van der Waals surface area contributed by atoms with E-state index in [0.717, 1.165) is 0 Å². The molecule has 0 aromatic heterocycles. The number of aliphatic hydroxyl groups is 1. The lowest BCUT2D eigenvalue weighted by Gasteiger charge is -2.32. The average molecular weight is 175 g/mol. The Bertz CT molecular complexity index is 229. The van der Waals surface area contributed by atoms with Gasteiger partial charge in [0.05, 0.1) is 5.41 Å². The number of aliphatic hydroxyl groups excluding tert-OH is 1. The fraction of sp³-hybridized carbons (Fsp3) is 0.875. The number of rotatable bonds is 0. The minimum atomic E-state index is -2.73. The fourth-order valence-electron chi connectivity index (χ4n) is 2.19. The van der Waals surface area contributed by atoms with Gasteiger partial charge in [0, 0.05) is 12.6 Å². The molecule has 1 heterocycles. The molecule has 2 nitrogen and oxygen atoms in total. The van der Waals surface area contributed by atoms with Gasteiger partial charge in [-0.15, -0.1) is 0 Å². The molecule has 0 amide bonds. The maximum absolute atomic E-state index is 13.3. The van der Waals surface area contributed by atoms with Crippen LogP contribution in [-0.2, 0) is 0 Å². The van der Waals surface area contributed by atoms with E-state index in [1.54, 1.807) is 0 Å². The van der Waals surface area contributed by atoms with Crippen LogP contribution in [0.3, 0.4) is 0 Å². The Morgan fingerprint density at radius 3 is 2.58 bits per heavy atom. The van der Waals surface area contributed by atoms with E-state index in [1.165, 1.54) is 6.21 Å². The van der Waals surface area contributed by atoms with Crippen molar-refractivity contribution in [3.63, 3.8) is 0 Å². The van der Waals surface area contributed by atoms with Crippen molar-refractivity contribution in [3.8, 4) is 0 Å². The van der Waals surface area contributed by atoms with Crippen LogP contribution in [0.2, 0.25) is 0 Å². The Labute approximate surface area is 69.3 Å². The van der Waals surface area contributed by atoms with Crippen LogP contribution in [0.15, 0.2) is 4.99 Å². The lowest BCUT2D eigenvalue weighted by Crippen LogP contribution is -2.42. The number of hydrogen-bond donors (Lipinski definition) is 1. The predicted octanol–water partition coefficient (Wildman–Crippen LogP) is 1.58. The molecule has 4 heteroatoms. The lowest BCUT2D eigenvalue weighted by molar-refractivity contribution is -0.140. The van der Waals surface area contributed by atoms with Gasteiger partial charge in [0.25, 0.3) is 5.92 Å². The molecule has 0 radical (unpaired) electrons. The lowest BCUT2D eigenvalue weighted by atomic mass is 9.80. The Balaban J connectivity index is 2.31. The Morgan fingerprint density at radius 1 is 1.42 bits per heavy atom. The summed E-state index contributed by atoms with van der Waals surface area (Å²) in [6.07, 6.45) is 1.24. The molecule has 0 saturated heterocycles. The van der Waals surface area contributed by atoms with Crippen molar-refractivity contribution in [2.75, 3.05) is 0 Å². The summed E-state index contributed by atoms with van der Waals surface area (Å²) in [4.78, 5) is 3.62. The molecule has 0 aromatic carbocycles. The fourth-order valence-corrected chi connectivity index (χ4v) is 2.19. The number of halogens is 2. The summed E-state index contributed by atoms with van der Waals surface area (Å²) in [5, 5.41) is 9.34. The van der Waals surface area contributed by atoms with Crippen LogP contribution >= 0.6 is 0 Å². The van der Waals surface area contributed by atoms with Crippen LogP contribution in [-0.4, -0.2) is 23.5 Å². The molecule has 1 fully saturated rings. The molecule has 12 heavy (non-hydrogen) atoms. The summed E-state index contributed by atoms with van der Waals surface area (Å²) in [5.41, 5.74) is -1.26. The van der Waals surface area contributed by atoms with Crippen molar-refractivity contribution in [1.29, 1.82) is 0 Å². The topological polar surface area (TPSA) is 32.6 Å². The van der Waals surface area contributed by atoms with Crippen LogP contribution in [0.4, 0.5) is 8.78 Å². The zero-order valence-corrected chi connectivity index (χ0v) is 6.63. The Hall–Kier alpha value is -0.510. The van der Waals surface area contributed by atoms with Gasteiger partial charge in [0.2, 0.25) is 0 Å². The molecule has 1 spiro atoms. The van der Waals surface area contributed by atoms with Crippen LogP contribution < -0.4 is 0 Å². The van der Waals surface area contributed by atoms with Crippen molar-refractivity contribution in [1.82, 2.24) is 0 Å². The van der Waals surface area contributed by atoms with Crippen molar-refractivity contribution in [3.05, 3.63) is 0 Å². The minimum Gasteiger partial charge on any atom is -0.371 e. The second-order valence-electron chi connectivity index (χ2n) is 3.62. The van der Waals surface area contributed by atoms with E-state index in [0.29, 0.717) is 12.8 Å². The van der Waals surface area contributed by atoms with Gasteiger partial charge in [0.1, 0.15) is 0 Å². The third-order valence-electron chi connectivity index (χ3n) is 3.04. The van der Waals surface area contributed by atoms with Crippen LogP contribution in [0.25, 0.3) is 0 Å². The standard InChI is InChI=1S/C8H11F2NO/c9-8(10)3-1-2-7(8)4-5-11-6(7)12/h5-6,12H,1-4H2. The highest BCUT2D eigenvalue weighted by molar-refractivity contribution is 5.62. The molecule has 0 bridgehead atoms. The zero-order valence-electron chi connectivity index (χ0n) is 6.63. The molecule has 1 aliphatic carbocycles. The molecule has 1 saturated carbocycles. The summed E-state index contributed by atoms with van der Waals surface area (Å²) in [5.74, 6) is -2.73. The van der Waals surface area contributed by atoms with Gasteiger partial charge in [0.15, 0.2) is 6.23 Å². The highest BCUT2D eigenvalue weighted by atomic mass is 19.3. The second kappa shape index (κ2) is 2.25. The highest BCUT2D eigenvalue weighted by Gasteiger charge is 2.61. The SMILES string of the molecule is OC1N=CCC12CCCC2(F)F. The number of nitrogens with zero attached hydrogens (tertiary/aromatic N) is 1. The monoisotopic (exact) mass is 175 g/mol. The van der Waals surface area contributed by atoms with Gasteiger partial charge < -0.3 is 5.11 Å². The van der Waals surface area contributed by atoms with E-state index < -0.39 is 17.6 Å². The van der Waals surface area contributed by atoms with Gasteiger partial charge in [-0.25, -0.2) is 8.78 Å². The quantitative estimate of drug-likeness (QED) is 0.595. The third-order valence-corrected chi connectivity index (χ3v) is 3.04. The maximum Gasteiger partial charge on any atom is 0.258 e. The molecule has 2 atom stereocenters. The van der Waals surface area contributed by atoms with Crippen molar-refractivity contribution < 1.29 is 13.9 Å². The average Bonchev–Trinajstić information content (AvgIpc) is 2.45. The molecule has 2 rings (SSSR count). The summed E-state index contributed by atoms with van der Waals surface area (Å²) in [6.45, 7) is 0. The molecule has 0 aromatic rings. The Kier molecular flexibility index (Phi) is 1.52. The van der Waals surface area contributed by atoms with Crippen molar-refractivity contribution in [2.24, 2.45) is 10.4 Å². The molecular weight excluding hydrogens is 164 g/mol. The molecule has 68 valence electrons. The van der Waals surface area contributed by atoms with Gasteiger partial charge in [-0.3, -0.25) is 4.99 Å². The van der Waals surface area contributed by atoms with Gasteiger partial charge in [-0.2, -0.15) is 0 Å². The largest absolute Gasteiger partial charge is 0.371 e. The van der Waals surface area contributed by atoms with E-state index in [4.69, 9.17) is 0 Å². The highest BCUT2D eigenvalue weighted by Crippen LogP contribution is 2.56. The maximum atomic E-state index is 13.3. The van der Waals surface area contributed by atoms with Gasteiger partial charge in [-0.05, 0) is 19.3 Å². The zero-order chi connectivity index (χ0) is 8.82. The van der Waals surface area contributed by atoms with Crippen molar-refractivity contribution in [2.45, 2.75) is 37.8 Å². The normalized spacial score (nSPS) is 44.4. The first-order valence-corrected chi connectivity index (χ1v) is 4.16. The first-order chi connectivity index (χ1) is 5.58. The molecule has 2 unspecified atom stereocenters. The number of aliphatic imine (C=N–C) groups is 1. The molecular formula is C8H11F2NO.